The van der Waals surface area contributed by atoms with Crippen molar-refractivity contribution in [1.29, 1.82) is 0 Å². The minimum absolute atomic E-state index is 0.289. The molecule has 0 radical (unpaired) electrons. The Hall–Kier alpha value is -2.53. The Morgan fingerprint density at radius 1 is 1.10 bits per heavy atom. The predicted octanol–water partition coefficient (Wildman–Crippen LogP) is 4.01. The van der Waals surface area contributed by atoms with Crippen molar-refractivity contribution in [2.24, 2.45) is 4.99 Å². The summed E-state index contributed by atoms with van der Waals surface area (Å²) in [6.07, 6.45) is 8.03. The molecule has 0 saturated heterocycles. The Bertz CT molecular complexity index is 603. The molecule has 0 unspecified atom stereocenters. The van der Waals surface area contributed by atoms with Crippen molar-refractivity contribution in [2.45, 2.75) is 13.3 Å². The molecule has 100 valence electrons. The van der Waals surface area contributed by atoms with E-state index in [1.165, 1.54) is 5.56 Å². The normalized spacial score (nSPS) is 10.4. The fourth-order valence-electron chi connectivity index (χ4n) is 1.74. The number of benzene rings is 2. The summed E-state index contributed by atoms with van der Waals surface area (Å²) in [6, 6.07) is 15.9. The lowest BCUT2D eigenvalue weighted by atomic mass is 10.1. The topological polar surface area (TPSA) is 21.6 Å². The van der Waals surface area contributed by atoms with Crippen molar-refractivity contribution < 1.29 is 4.74 Å². The van der Waals surface area contributed by atoms with E-state index in [0.29, 0.717) is 0 Å². The molecule has 0 fully saturated rings. The molecule has 20 heavy (non-hydrogen) atoms. The number of terminal acetylenes is 1. The first-order chi connectivity index (χ1) is 9.81. The van der Waals surface area contributed by atoms with Crippen LogP contribution in [0, 0.1) is 12.3 Å². The summed E-state index contributed by atoms with van der Waals surface area (Å²) in [6.45, 7) is 2.43. The van der Waals surface area contributed by atoms with Gasteiger partial charge in [0.2, 0.25) is 0 Å². The van der Waals surface area contributed by atoms with Crippen LogP contribution in [0.1, 0.15) is 18.1 Å². The van der Waals surface area contributed by atoms with Crippen LogP contribution in [0.2, 0.25) is 0 Å². The van der Waals surface area contributed by atoms with Crippen LogP contribution in [0.15, 0.2) is 53.5 Å². The predicted molar refractivity (Wildman–Crippen MR) is 83.8 cm³/mol. The van der Waals surface area contributed by atoms with Gasteiger partial charge in [0.1, 0.15) is 12.4 Å². The van der Waals surface area contributed by atoms with Gasteiger partial charge in [-0.25, -0.2) is 0 Å². The molecule has 0 aliphatic carbocycles. The highest BCUT2D eigenvalue weighted by atomic mass is 16.5. The quantitative estimate of drug-likeness (QED) is 0.590. The number of ether oxygens (including phenoxy) is 1. The Kier molecular flexibility index (Phi) is 4.97. The van der Waals surface area contributed by atoms with Crippen LogP contribution < -0.4 is 4.74 Å². The molecule has 0 amide bonds. The number of aliphatic imine (C=N–C) groups is 1. The van der Waals surface area contributed by atoms with E-state index in [1.54, 1.807) is 0 Å². The second-order valence-electron chi connectivity index (χ2n) is 4.34. The van der Waals surface area contributed by atoms with Crippen molar-refractivity contribution in [3.8, 4) is 18.1 Å². The zero-order valence-electron chi connectivity index (χ0n) is 11.5. The Balaban J connectivity index is 2.01. The van der Waals surface area contributed by atoms with Crippen molar-refractivity contribution in [1.82, 2.24) is 0 Å². The molecule has 0 aromatic heterocycles. The van der Waals surface area contributed by atoms with Crippen LogP contribution in [-0.2, 0) is 6.42 Å². The molecule has 0 saturated carbocycles. The molecule has 0 aliphatic heterocycles. The van der Waals surface area contributed by atoms with Gasteiger partial charge in [-0.15, -0.1) is 6.42 Å². The van der Waals surface area contributed by atoms with Gasteiger partial charge in [0.15, 0.2) is 0 Å². The smallest absolute Gasteiger partial charge is 0.148 e. The zero-order valence-corrected chi connectivity index (χ0v) is 11.5. The van der Waals surface area contributed by atoms with Gasteiger partial charge in [-0.2, -0.15) is 0 Å². The van der Waals surface area contributed by atoms with Gasteiger partial charge in [-0.05, 0) is 53.9 Å². The summed E-state index contributed by atoms with van der Waals surface area (Å²) in [5, 5.41) is 0. The fraction of sp³-hybridized carbons (Fsp3) is 0.167. The van der Waals surface area contributed by atoms with Crippen molar-refractivity contribution >= 4 is 11.9 Å². The van der Waals surface area contributed by atoms with Crippen LogP contribution in [0.4, 0.5) is 5.69 Å². The van der Waals surface area contributed by atoms with Gasteiger partial charge in [0, 0.05) is 6.21 Å². The lowest BCUT2D eigenvalue weighted by Crippen LogP contribution is -1.93. The molecule has 2 aromatic carbocycles. The van der Waals surface area contributed by atoms with E-state index >= 15 is 0 Å². The first-order valence-electron chi connectivity index (χ1n) is 6.61. The maximum atomic E-state index is 5.32. The third-order valence-corrected chi connectivity index (χ3v) is 2.91. The number of hydrogen-bond acceptors (Lipinski definition) is 2. The van der Waals surface area contributed by atoms with Gasteiger partial charge in [0.25, 0.3) is 0 Å². The lowest BCUT2D eigenvalue weighted by molar-refractivity contribution is 0.370. The SMILES string of the molecule is C#CCOc1ccc(C=Nc2ccc(CC)cc2)cc1. The van der Waals surface area contributed by atoms with Gasteiger partial charge >= 0.3 is 0 Å². The summed E-state index contributed by atoms with van der Waals surface area (Å²) in [4.78, 5) is 4.45. The summed E-state index contributed by atoms with van der Waals surface area (Å²) in [5.41, 5.74) is 3.30. The van der Waals surface area contributed by atoms with Gasteiger partial charge in [0.05, 0.1) is 5.69 Å². The van der Waals surface area contributed by atoms with Crippen LogP contribution >= 0.6 is 0 Å². The number of hydrogen-bond donors (Lipinski definition) is 0. The molecule has 2 nitrogen and oxygen atoms in total. The van der Waals surface area contributed by atoms with E-state index in [-0.39, 0.29) is 6.61 Å². The second-order valence-corrected chi connectivity index (χ2v) is 4.34. The maximum absolute atomic E-state index is 5.32. The maximum Gasteiger partial charge on any atom is 0.148 e. The largest absolute Gasteiger partial charge is 0.481 e. The molecule has 0 heterocycles. The minimum Gasteiger partial charge on any atom is -0.481 e. The molecule has 0 aliphatic rings. The van der Waals surface area contributed by atoms with Crippen LogP contribution in [0.25, 0.3) is 0 Å². The number of nitrogens with zero attached hydrogens (tertiary/aromatic N) is 1. The second kappa shape index (κ2) is 7.16. The highest BCUT2D eigenvalue weighted by Crippen LogP contribution is 2.15. The zero-order chi connectivity index (χ0) is 14.2. The van der Waals surface area contributed by atoms with Crippen molar-refractivity contribution in [2.75, 3.05) is 6.61 Å². The Morgan fingerprint density at radius 2 is 1.80 bits per heavy atom. The van der Waals surface area contributed by atoms with E-state index in [2.05, 4.69) is 30.0 Å². The standard InChI is InChI=1S/C18H17NO/c1-3-13-20-18-11-7-16(8-12-18)14-19-17-9-5-15(4-2)6-10-17/h1,5-12,14H,4,13H2,2H3. The molecule has 2 aromatic rings. The summed E-state index contributed by atoms with van der Waals surface area (Å²) >= 11 is 0. The minimum atomic E-state index is 0.289. The first-order valence-corrected chi connectivity index (χ1v) is 6.61. The monoisotopic (exact) mass is 263 g/mol. The Labute approximate surface area is 120 Å². The van der Waals surface area contributed by atoms with E-state index in [1.807, 2.05) is 42.6 Å². The van der Waals surface area contributed by atoms with E-state index in [0.717, 1.165) is 23.4 Å². The van der Waals surface area contributed by atoms with E-state index in [9.17, 15) is 0 Å². The van der Waals surface area contributed by atoms with E-state index < -0.39 is 0 Å². The van der Waals surface area contributed by atoms with Gasteiger partial charge in [-0.3, -0.25) is 4.99 Å². The molecular formula is C18H17NO. The lowest BCUT2D eigenvalue weighted by Gasteiger charge is -2.01. The third-order valence-electron chi connectivity index (χ3n) is 2.91. The highest BCUT2D eigenvalue weighted by Gasteiger charge is 1.93. The molecular weight excluding hydrogens is 246 g/mol. The summed E-state index contributed by atoms with van der Waals surface area (Å²) < 4.78 is 5.32. The van der Waals surface area contributed by atoms with Crippen molar-refractivity contribution in [3.05, 3.63) is 59.7 Å². The fourth-order valence-corrected chi connectivity index (χ4v) is 1.74. The van der Waals surface area contributed by atoms with Gasteiger partial charge in [-0.1, -0.05) is 25.0 Å². The van der Waals surface area contributed by atoms with Crippen molar-refractivity contribution in [3.63, 3.8) is 0 Å². The molecule has 2 heteroatoms. The van der Waals surface area contributed by atoms with Crippen LogP contribution in [0.3, 0.4) is 0 Å². The molecule has 0 spiro atoms. The average molecular weight is 263 g/mol. The number of rotatable bonds is 5. The summed E-state index contributed by atoms with van der Waals surface area (Å²) in [7, 11) is 0. The summed E-state index contributed by atoms with van der Waals surface area (Å²) in [5.74, 6) is 3.21. The third kappa shape index (κ3) is 4.00. The molecule has 2 rings (SSSR count). The van der Waals surface area contributed by atoms with Crippen LogP contribution in [0.5, 0.6) is 5.75 Å². The number of aryl methyl sites for hydroxylation is 1. The van der Waals surface area contributed by atoms with E-state index in [4.69, 9.17) is 11.2 Å². The average Bonchev–Trinajstić information content (AvgIpc) is 2.52. The Morgan fingerprint density at radius 3 is 2.40 bits per heavy atom. The van der Waals surface area contributed by atoms with Crippen LogP contribution in [-0.4, -0.2) is 12.8 Å². The molecule has 0 bridgehead atoms. The molecule has 0 atom stereocenters. The molecule has 0 N–H and O–H groups in total. The highest BCUT2D eigenvalue weighted by molar-refractivity contribution is 5.82. The first kappa shape index (κ1) is 13.9. The van der Waals surface area contributed by atoms with Gasteiger partial charge < -0.3 is 4.74 Å².